The van der Waals surface area contributed by atoms with Crippen LogP contribution < -0.4 is 0 Å². The van der Waals surface area contributed by atoms with Crippen molar-refractivity contribution in [2.45, 2.75) is 49.4 Å². The van der Waals surface area contributed by atoms with Crippen molar-refractivity contribution >= 4 is 5.69 Å². The van der Waals surface area contributed by atoms with E-state index in [1.807, 2.05) is 12.1 Å². The zero-order valence-electron chi connectivity index (χ0n) is 34.0. The molecular weight excluding hydrogens is 741 g/mol. The highest BCUT2D eigenvalue weighted by Crippen LogP contribution is 2.61. The summed E-state index contributed by atoms with van der Waals surface area (Å²) < 4.78 is 0. The number of benzene rings is 7. The van der Waals surface area contributed by atoms with Gasteiger partial charge in [-0.2, -0.15) is 0 Å². The molecule has 292 valence electrons. The van der Waals surface area contributed by atoms with Gasteiger partial charge in [-0.05, 0) is 112 Å². The molecule has 4 nitrogen and oxygen atoms in total. The van der Waals surface area contributed by atoms with E-state index in [2.05, 4.69) is 169 Å². The zero-order valence-corrected chi connectivity index (χ0v) is 34.0. The van der Waals surface area contributed by atoms with Crippen molar-refractivity contribution in [2.75, 3.05) is 0 Å². The third-order valence-corrected chi connectivity index (χ3v) is 14.6. The number of fused-ring (bicyclic) bond motifs is 3. The molecular formula is C57H44N4. The fraction of sp³-hybridized carbons (Fsp3) is 0.193. The molecule has 1 aromatic heterocycles. The molecule has 5 aliphatic carbocycles. The lowest BCUT2D eigenvalue weighted by Gasteiger charge is -2.57. The van der Waals surface area contributed by atoms with Crippen LogP contribution in [0, 0.1) is 24.3 Å². The van der Waals surface area contributed by atoms with Gasteiger partial charge in [0.2, 0.25) is 0 Å². The quantitative estimate of drug-likeness (QED) is 0.151. The van der Waals surface area contributed by atoms with E-state index >= 15 is 0 Å². The summed E-state index contributed by atoms with van der Waals surface area (Å²) >= 11 is 0. The number of nitrogens with zero attached hydrogens (tertiary/aromatic N) is 4. The molecule has 0 aliphatic heterocycles. The highest BCUT2D eigenvalue weighted by molar-refractivity contribution is 5.95. The Hall–Kier alpha value is -6.96. The monoisotopic (exact) mass is 784 g/mol. The Kier molecular flexibility index (Phi) is 8.29. The maximum Gasteiger partial charge on any atom is 0.187 e. The van der Waals surface area contributed by atoms with Gasteiger partial charge in [-0.3, -0.25) is 0 Å². The molecule has 0 saturated heterocycles. The normalized spacial score (nSPS) is 21.4. The Morgan fingerprint density at radius 3 is 1.51 bits per heavy atom. The molecule has 0 unspecified atom stereocenters. The summed E-state index contributed by atoms with van der Waals surface area (Å²) in [4.78, 5) is 19.9. The molecule has 0 atom stereocenters. The minimum Gasteiger partial charge on any atom is -0.238 e. The average Bonchev–Trinajstić information content (AvgIpc) is 3.62. The molecule has 5 aliphatic rings. The first-order chi connectivity index (χ1) is 30.1. The lowest BCUT2D eigenvalue weighted by Crippen LogP contribution is -2.48. The van der Waals surface area contributed by atoms with E-state index < -0.39 is 5.41 Å². The van der Waals surface area contributed by atoms with Crippen molar-refractivity contribution < 1.29 is 0 Å². The Bertz CT molecular complexity index is 2910. The fourth-order valence-corrected chi connectivity index (χ4v) is 12.4. The second kappa shape index (κ2) is 14.1. The average molecular weight is 785 g/mol. The fourth-order valence-electron chi connectivity index (χ4n) is 12.4. The number of hydrogen-bond acceptors (Lipinski definition) is 3. The van der Waals surface area contributed by atoms with Crippen LogP contribution in [0.5, 0.6) is 0 Å². The second-order valence-corrected chi connectivity index (χ2v) is 18.1. The van der Waals surface area contributed by atoms with Crippen LogP contribution in [0.4, 0.5) is 5.69 Å². The molecule has 0 amide bonds. The summed E-state index contributed by atoms with van der Waals surface area (Å²) in [6.45, 7) is 8.07. The Morgan fingerprint density at radius 2 is 0.934 bits per heavy atom. The topological polar surface area (TPSA) is 43.0 Å². The van der Waals surface area contributed by atoms with Crippen LogP contribution in [0.1, 0.15) is 66.3 Å². The van der Waals surface area contributed by atoms with Crippen LogP contribution in [-0.4, -0.2) is 15.0 Å². The van der Waals surface area contributed by atoms with Gasteiger partial charge in [0.15, 0.2) is 23.2 Å². The predicted octanol–water partition coefficient (Wildman–Crippen LogP) is 13.9. The number of hydrogen-bond donors (Lipinski definition) is 0. The molecule has 7 aromatic carbocycles. The van der Waals surface area contributed by atoms with Crippen molar-refractivity contribution in [1.29, 1.82) is 0 Å². The van der Waals surface area contributed by atoms with Gasteiger partial charge in [-0.25, -0.2) is 19.8 Å². The van der Waals surface area contributed by atoms with Crippen molar-refractivity contribution in [2.24, 2.45) is 17.8 Å². The summed E-state index contributed by atoms with van der Waals surface area (Å²) in [6, 6.07) is 62.6. The van der Waals surface area contributed by atoms with Gasteiger partial charge in [0.05, 0.1) is 12.0 Å². The van der Waals surface area contributed by atoms with Gasteiger partial charge in [0.25, 0.3) is 0 Å². The maximum absolute atomic E-state index is 8.07. The second-order valence-electron chi connectivity index (χ2n) is 18.1. The lowest BCUT2D eigenvalue weighted by molar-refractivity contribution is -0.00518. The summed E-state index contributed by atoms with van der Waals surface area (Å²) in [5.41, 5.74) is 13.7. The van der Waals surface area contributed by atoms with Gasteiger partial charge in [0.1, 0.15) is 0 Å². The molecule has 4 heteroatoms. The number of rotatable bonds is 7. The molecule has 0 N–H and O–H groups in total. The SMILES string of the molecule is [C-]#[N+]c1ccc2c(c1)C(c1ccccc1)(c1ccccc1)c1cccc(-c3nc(-c4ccc(-c5ccccc5)cc4)nc(-c4ccc(C56CC7CC(CC(C7)C5)C6)cc4)n3)c1-2. The lowest BCUT2D eigenvalue weighted by atomic mass is 9.48. The molecule has 4 fully saturated rings. The molecule has 61 heavy (non-hydrogen) atoms. The molecule has 4 bridgehead atoms. The summed E-state index contributed by atoms with van der Waals surface area (Å²) in [6.07, 6.45) is 8.32. The molecule has 13 rings (SSSR count). The molecule has 8 aromatic rings. The van der Waals surface area contributed by atoms with Crippen LogP contribution in [-0.2, 0) is 10.8 Å². The van der Waals surface area contributed by atoms with Crippen molar-refractivity contribution in [3.63, 3.8) is 0 Å². The van der Waals surface area contributed by atoms with Gasteiger partial charge < -0.3 is 0 Å². The third-order valence-electron chi connectivity index (χ3n) is 14.6. The molecule has 4 saturated carbocycles. The third kappa shape index (κ3) is 5.75. The largest absolute Gasteiger partial charge is 0.238 e. The molecule has 0 radical (unpaired) electrons. The Labute approximate surface area is 357 Å². The first-order valence-corrected chi connectivity index (χ1v) is 21.9. The van der Waals surface area contributed by atoms with Crippen LogP contribution >= 0.6 is 0 Å². The van der Waals surface area contributed by atoms with E-state index in [9.17, 15) is 0 Å². The van der Waals surface area contributed by atoms with E-state index in [0.717, 1.165) is 73.4 Å². The molecule has 0 spiro atoms. The van der Waals surface area contributed by atoms with Crippen LogP contribution in [0.2, 0.25) is 0 Å². The zero-order chi connectivity index (χ0) is 40.5. The van der Waals surface area contributed by atoms with Crippen LogP contribution in [0.3, 0.4) is 0 Å². The smallest absolute Gasteiger partial charge is 0.187 e. The standard InChI is InChI=1S/C57H44N4/c1-58-47-28-29-48-51(33-47)57(45-14-7-3-8-15-45,46-16-9-4-10-17-46)50-19-11-18-49(52(48)50)55-60-53(42-22-20-41(21-23-42)40-12-5-2-6-13-40)59-54(61-55)43-24-26-44(27-25-43)56-34-37-30-38(35-56)32-39(31-37)36-56/h2-29,33,37-39H,30-32,34-36H2. The highest BCUT2D eigenvalue weighted by Gasteiger charge is 2.52. The van der Waals surface area contributed by atoms with E-state index in [-0.39, 0.29) is 0 Å². The minimum atomic E-state index is -0.664. The van der Waals surface area contributed by atoms with Crippen LogP contribution in [0.25, 0.3) is 61.3 Å². The van der Waals surface area contributed by atoms with Crippen LogP contribution in [0.15, 0.2) is 176 Å². The van der Waals surface area contributed by atoms with E-state index in [1.54, 1.807) is 0 Å². The van der Waals surface area contributed by atoms with E-state index in [0.29, 0.717) is 28.6 Å². The van der Waals surface area contributed by atoms with E-state index in [1.165, 1.54) is 49.7 Å². The maximum atomic E-state index is 8.07. The van der Waals surface area contributed by atoms with Gasteiger partial charge in [0, 0.05) is 16.7 Å². The minimum absolute atomic E-state index is 0.318. The first kappa shape index (κ1) is 35.9. The Balaban J connectivity index is 1.05. The Morgan fingerprint density at radius 1 is 0.426 bits per heavy atom. The summed E-state index contributed by atoms with van der Waals surface area (Å²) in [7, 11) is 0. The van der Waals surface area contributed by atoms with Crippen molar-refractivity contribution in [3.05, 3.63) is 215 Å². The predicted molar refractivity (Wildman–Crippen MR) is 245 cm³/mol. The van der Waals surface area contributed by atoms with Gasteiger partial charge in [-0.15, -0.1) is 0 Å². The van der Waals surface area contributed by atoms with Crippen molar-refractivity contribution in [3.8, 4) is 56.4 Å². The van der Waals surface area contributed by atoms with Crippen molar-refractivity contribution in [1.82, 2.24) is 15.0 Å². The first-order valence-electron chi connectivity index (χ1n) is 21.9. The number of aromatic nitrogens is 3. The summed E-state index contributed by atoms with van der Waals surface area (Å²) in [5.74, 6) is 4.61. The highest BCUT2D eigenvalue weighted by atomic mass is 15.0. The van der Waals surface area contributed by atoms with Gasteiger partial charge >= 0.3 is 0 Å². The van der Waals surface area contributed by atoms with Gasteiger partial charge in [-0.1, -0.05) is 176 Å². The summed E-state index contributed by atoms with van der Waals surface area (Å²) in [5, 5.41) is 0. The van der Waals surface area contributed by atoms with E-state index in [4.69, 9.17) is 21.5 Å². The molecule has 1 heterocycles.